The third kappa shape index (κ3) is 11.2. The lowest BCUT2D eigenvalue weighted by Gasteiger charge is -2.38. The van der Waals surface area contributed by atoms with Gasteiger partial charge in [-0.15, -0.1) is 8.58 Å². The van der Waals surface area contributed by atoms with E-state index in [-0.39, 0.29) is 23.6 Å². The van der Waals surface area contributed by atoms with Crippen molar-refractivity contribution >= 4 is 35.5 Å². The Hall–Kier alpha value is -2.71. The van der Waals surface area contributed by atoms with Crippen molar-refractivity contribution in [3.8, 4) is 0 Å². The molecule has 2 saturated heterocycles. The van der Waals surface area contributed by atoms with Crippen LogP contribution in [-0.2, 0) is 24.2 Å². The molecule has 2 aromatic rings. The first-order valence-corrected chi connectivity index (χ1v) is 18.3. The van der Waals surface area contributed by atoms with E-state index in [9.17, 15) is 13.2 Å². The maximum atomic E-state index is 14.2. The van der Waals surface area contributed by atoms with Crippen LogP contribution >= 0.6 is 8.58 Å². The number of fused-ring (bicyclic) bond motifs is 1. The number of hydrogen-bond acceptors (Lipinski definition) is 6. The molecule has 250 valence electrons. The van der Waals surface area contributed by atoms with Crippen molar-refractivity contribution in [3.63, 3.8) is 0 Å². The predicted octanol–water partition coefficient (Wildman–Crippen LogP) is 7.61. The summed E-state index contributed by atoms with van der Waals surface area (Å²) in [5.74, 6) is 0.663. The summed E-state index contributed by atoms with van der Waals surface area (Å²) < 4.78 is 45.6. The average Bonchev–Trinajstić information content (AvgIpc) is 3.86. The Balaban J connectivity index is 0.00000133. The minimum absolute atomic E-state index is 0.184. The van der Waals surface area contributed by atoms with Gasteiger partial charge in [0, 0.05) is 45.6 Å². The van der Waals surface area contributed by atoms with Gasteiger partial charge in [-0.25, -0.2) is 13.2 Å². The molecule has 0 bridgehead atoms. The zero-order chi connectivity index (χ0) is 33.8. The molecule has 0 aliphatic carbocycles. The van der Waals surface area contributed by atoms with E-state index < -0.39 is 15.6 Å². The van der Waals surface area contributed by atoms with Crippen LogP contribution in [0.2, 0.25) is 0 Å². The molecule has 45 heavy (non-hydrogen) atoms. The van der Waals surface area contributed by atoms with Gasteiger partial charge >= 0.3 is 6.09 Å². The summed E-state index contributed by atoms with van der Waals surface area (Å²) in [6.07, 6.45) is 5.69. The SMILES string of the molecule is C=C/C(=C\C(OC)=C(/C)CN(C1CCN(C(=O)OC(C)(C)C)CC1)S(=O)(=O)c1ccc2ccccc2c1)C1CP1.CC.COC. The molecule has 2 aromatic carbocycles. The van der Waals surface area contributed by atoms with Crippen molar-refractivity contribution in [2.45, 2.75) is 76.6 Å². The summed E-state index contributed by atoms with van der Waals surface area (Å²) in [5.41, 5.74) is 1.88. The Morgan fingerprint density at radius 1 is 1.07 bits per heavy atom. The lowest BCUT2D eigenvalue weighted by Crippen LogP contribution is -2.50. The minimum atomic E-state index is -3.86. The van der Waals surface area contributed by atoms with E-state index in [0.717, 1.165) is 36.7 Å². The predicted molar refractivity (Wildman–Crippen MR) is 188 cm³/mol. The Kier molecular flexibility index (Phi) is 15.3. The standard InChI is InChI=1S/C31H41N2O5PS.C2H6O.C2H6/c1-7-23(29-21-39-29)19-28(37-6)22(2)20-33(26-14-16-32(17-15-26)30(34)38-31(3,4)5)40(35,36)27-13-12-24-10-8-9-11-25(24)18-27;1-3-2;1-2/h7-13,18-19,26,29,39H,1,14-17,20-21H2,2-6H3;1-2H3;1-2H3/b23-19+,28-22-;;. The summed E-state index contributed by atoms with van der Waals surface area (Å²) in [5, 5.41) is 1.86. The maximum absolute atomic E-state index is 14.2. The number of likely N-dealkylation sites (tertiary alicyclic amines) is 1. The number of carbonyl (C=O) groups is 1. The van der Waals surface area contributed by atoms with E-state index in [1.807, 2.05) is 84.0 Å². The maximum Gasteiger partial charge on any atom is 0.410 e. The molecule has 0 N–H and O–H groups in total. The van der Waals surface area contributed by atoms with Gasteiger partial charge in [0.05, 0.1) is 12.0 Å². The third-order valence-electron chi connectivity index (χ3n) is 7.23. The molecular weight excluding hydrogens is 607 g/mol. The molecule has 2 aliphatic heterocycles. The summed E-state index contributed by atoms with van der Waals surface area (Å²) >= 11 is 0. The summed E-state index contributed by atoms with van der Waals surface area (Å²) in [6.45, 7) is 16.4. The lowest BCUT2D eigenvalue weighted by molar-refractivity contribution is 0.0179. The molecule has 2 fully saturated rings. The number of ether oxygens (including phenoxy) is 3. The van der Waals surface area contributed by atoms with E-state index in [4.69, 9.17) is 9.47 Å². The lowest BCUT2D eigenvalue weighted by atomic mass is 10.0. The Morgan fingerprint density at radius 3 is 2.16 bits per heavy atom. The van der Waals surface area contributed by atoms with E-state index in [1.165, 1.54) is 0 Å². The number of piperidine rings is 1. The normalized spacial score (nSPS) is 18.3. The molecule has 2 atom stereocenters. The van der Waals surface area contributed by atoms with Gasteiger partial charge in [-0.1, -0.05) is 56.8 Å². The number of allylic oxidation sites excluding steroid dienone is 3. The van der Waals surface area contributed by atoms with Gasteiger partial charge in [0.2, 0.25) is 10.0 Å². The van der Waals surface area contributed by atoms with Crippen molar-refractivity contribution in [2.75, 3.05) is 47.1 Å². The van der Waals surface area contributed by atoms with Crippen LogP contribution in [0.5, 0.6) is 0 Å². The first-order valence-electron chi connectivity index (χ1n) is 15.5. The summed E-state index contributed by atoms with van der Waals surface area (Å²) in [7, 11) is 1.90. The summed E-state index contributed by atoms with van der Waals surface area (Å²) in [6, 6.07) is 12.7. The van der Waals surface area contributed by atoms with Gasteiger partial charge < -0.3 is 19.1 Å². The topological polar surface area (TPSA) is 85.4 Å². The smallest absolute Gasteiger partial charge is 0.410 e. The van der Waals surface area contributed by atoms with Crippen LogP contribution in [0, 0.1) is 0 Å². The number of hydrogen-bond donors (Lipinski definition) is 0. The first kappa shape index (κ1) is 38.5. The van der Waals surface area contributed by atoms with Gasteiger partial charge in [-0.05, 0) is 86.8 Å². The van der Waals surface area contributed by atoms with Gasteiger partial charge in [0.1, 0.15) is 11.4 Å². The number of methoxy groups -OCH3 is 2. The van der Waals surface area contributed by atoms with Crippen LogP contribution in [0.1, 0.15) is 54.4 Å². The second-order valence-electron chi connectivity index (χ2n) is 11.8. The minimum Gasteiger partial charge on any atom is -0.497 e. The number of rotatable bonds is 9. The van der Waals surface area contributed by atoms with Crippen LogP contribution in [0.4, 0.5) is 4.79 Å². The molecule has 10 heteroatoms. The Morgan fingerprint density at radius 2 is 1.64 bits per heavy atom. The number of benzene rings is 2. The first-order chi connectivity index (χ1) is 21.3. The van der Waals surface area contributed by atoms with Crippen LogP contribution in [0.15, 0.2) is 83.0 Å². The van der Waals surface area contributed by atoms with Crippen molar-refractivity contribution in [3.05, 3.63) is 78.1 Å². The molecule has 1 amide bonds. The monoisotopic (exact) mass is 660 g/mol. The fraction of sp³-hybridized carbons (Fsp3) is 0.514. The van der Waals surface area contributed by atoms with Gasteiger partial charge in [-0.2, -0.15) is 4.31 Å². The molecule has 0 saturated carbocycles. The Labute approximate surface area is 273 Å². The number of carbonyl (C=O) groups excluding carboxylic acids is 1. The molecule has 2 heterocycles. The highest BCUT2D eigenvalue weighted by molar-refractivity contribution is 7.89. The van der Waals surface area contributed by atoms with Gasteiger partial charge in [-0.3, -0.25) is 0 Å². The van der Waals surface area contributed by atoms with Crippen LogP contribution in [0.3, 0.4) is 0 Å². The Bertz CT molecular complexity index is 1440. The second-order valence-corrected chi connectivity index (χ2v) is 15.2. The van der Waals surface area contributed by atoms with E-state index in [0.29, 0.717) is 37.3 Å². The van der Waals surface area contributed by atoms with Crippen molar-refractivity contribution in [2.24, 2.45) is 0 Å². The van der Waals surface area contributed by atoms with E-state index >= 15 is 0 Å². The van der Waals surface area contributed by atoms with Crippen molar-refractivity contribution in [1.29, 1.82) is 0 Å². The molecule has 0 spiro atoms. The van der Waals surface area contributed by atoms with Gasteiger partial charge in [0.15, 0.2) is 0 Å². The molecule has 2 aliphatic rings. The molecule has 8 nitrogen and oxygen atoms in total. The fourth-order valence-electron chi connectivity index (χ4n) is 4.95. The molecule has 4 rings (SSSR count). The molecule has 0 radical (unpaired) electrons. The van der Waals surface area contributed by atoms with Crippen LogP contribution in [-0.4, -0.2) is 88.1 Å². The summed E-state index contributed by atoms with van der Waals surface area (Å²) in [4.78, 5) is 14.6. The molecule has 0 aromatic heterocycles. The number of nitrogens with zero attached hydrogens (tertiary/aromatic N) is 2. The third-order valence-corrected chi connectivity index (χ3v) is 10.3. The largest absolute Gasteiger partial charge is 0.497 e. The highest BCUT2D eigenvalue weighted by atomic mass is 32.2. The van der Waals surface area contributed by atoms with Crippen LogP contribution < -0.4 is 0 Å². The van der Waals surface area contributed by atoms with Crippen LogP contribution in [0.25, 0.3) is 10.8 Å². The average molecular weight is 661 g/mol. The number of amides is 1. The van der Waals surface area contributed by atoms with E-state index in [1.54, 1.807) is 42.7 Å². The second kappa shape index (κ2) is 17.8. The quantitative estimate of drug-likeness (QED) is 0.156. The highest BCUT2D eigenvalue weighted by Crippen LogP contribution is 2.44. The molecule has 2 unspecified atom stereocenters. The van der Waals surface area contributed by atoms with Crippen molar-refractivity contribution in [1.82, 2.24) is 9.21 Å². The highest BCUT2D eigenvalue weighted by Gasteiger charge is 2.36. The fourth-order valence-corrected chi connectivity index (χ4v) is 7.50. The molecular formula is C35H53N2O6PS. The zero-order valence-electron chi connectivity index (χ0n) is 28.6. The van der Waals surface area contributed by atoms with Crippen molar-refractivity contribution < 1.29 is 27.4 Å². The van der Waals surface area contributed by atoms with Gasteiger partial charge in [0.25, 0.3) is 0 Å². The van der Waals surface area contributed by atoms with E-state index in [2.05, 4.69) is 11.3 Å². The number of sulfonamides is 1. The zero-order valence-corrected chi connectivity index (χ0v) is 30.4.